The Bertz CT molecular complexity index is 1510. The molecule has 0 spiro atoms. The van der Waals surface area contributed by atoms with Crippen LogP contribution in [0.1, 0.15) is 95.3 Å². The molecule has 0 bridgehead atoms. The van der Waals surface area contributed by atoms with E-state index < -0.39 is 15.9 Å². The normalized spacial score (nSPS) is 19.1. The number of amides is 1. The van der Waals surface area contributed by atoms with Gasteiger partial charge in [0.2, 0.25) is 5.88 Å². The van der Waals surface area contributed by atoms with E-state index in [1.807, 2.05) is 0 Å². The summed E-state index contributed by atoms with van der Waals surface area (Å²) in [7, 11) is -4.19. The quantitative estimate of drug-likeness (QED) is 0.169. The molecule has 3 aromatic rings. The van der Waals surface area contributed by atoms with Crippen molar-refractivity contribution in [3.8, 4) is 11.7 Å². The summed E-state index contributed by atoms with van der Waals surface area (Å²) in [5.41, 5.74) is 0.870. The van der Waals surface area contributed by atoms with Crippen LogP contribution in [0, 0.1) is 16.7 Å². The molecule has 2 saturated carbocycles. The Morgan fingerprint density at radius 3 is 2.60 bits per heavy atom. The molecule has 10 nitrogen and oxygen atoms in total. The van der Waals surface area contributed by atoms with Crippen molar-refractivity contribution in [2.24, 2.45) is 16.7 Å². The number of ether oxygens (including phenoxy) is 1. The zero-order chi connectivity index (χ0) is 30.0. The highest BCUT2D eigenvalue weighted by Gasteiger charge is 2.36. The Morgan fingerprint density at radius 1 is 1.07 bits per heavy atom. The van der Waals surface area contributed by atoms with Crippen LogP contribution >= 0.6 is 11.6 Å². The molecule has 0 aromatic carbocycles. The standard InChI is InChI=1S/C30H41ClN6O4S/c1-29(2)14-10-22(21-29)7-4-5-17-36-18-12-26(34-36)42(39,40)35-28(38)23-8-9-24(32-27(23)31)37-19-11-25(33-37)41-20-6-13-30(3)15-16-30/h8-9,11-12,18-19,22H,4-7,10,13-17,20-21H2,1-3H3,(H,35,38). The van der Waals surface area contributed by atoms with Gasteiger partial charge in [-0.05, 0) is 86.3 Å². The number of nitrogens with zero attached hydrogens (tertiary/aromatic N) is 5. The number of carbonyl (C=O) groups is 1. The number of aromatic nitrogens is 5. The van der Waals surface area contributed by atoms with E-state index in [9.17, 15) is 13.2 Å². The van der Waals surface area contributed by atoms with E-state index >= 15 is 0 Å². The summed E-state index contributed by atoms with van der Waals surface area (Å²) in [6.07, 6.45) is 15.0. The number of hydrogen-bond donors (Lipinski definition) is 1. The summed E-state index contributed by atoms with van der Waals surface area (Å²) < 4.78 is 36.6. The van der Waals surface area contributed by atoms with Gasteiger partial charge in [0.25, 0.3) is 15.9 Å². The first-order valence-corrected chi connectivity index (χ1v) is 16.7. The topological polar surface area (TPSA) is 121 Å². The minimum absolute atomic E-state index is 0.0734. The Hall–Kier alpha value is -2.92. The van der Waals surface area contributed by atoms with Crippen LogP contribution in [0.2, 0.25) is 5.15 Å². The highest BCUT2D eigenvalue weighted by molar-refractivity contribution is 7.90. The lowest BCUT2D eigenvalue weighted by molar-refractivity contribution is 0.0981. The van der Waals surface area contributed by atoms with Crippen molar-refractivity contribution in [2.75, 3.05) is 6.61 Å². The van der Waals surface area contributed by atoms with Crippen molar-refractivity contribution in [1.29, 1.82) is 0 Å². The van der Waals surface area contributed by atoms with Crippen LogP contribution in [0.4, 0.5) is 0 Å². The Labute approximate surface area is 253 Å². The molecule has 228 valence electrons. The molecule has 1 unspecified atom stereocenters. The lowest BCUT2D eigenvalue weighted by Gasteiger charge is -2.16. The van der Waals surface area contributed by atoms with Gasteiger partial charge in [-0.3, -0.25) is 9.48 Å². The van der Waals surface area contributed by atoms with E-state index in [4.69, 9.17) is 16.3 Å². The number of rotatable bonds is 14. The van der Waals surface area contributed by atoms with E-state index in [1.165, 1.54) is 55.3 Å². The molecule has 0 aliphatic heterocycles. The lowest BCUT2D eigenvalue weighted by Crippen LogP contribution is -2.31. The summed E-state index contributed by atoms with van der Waals surface area (Å²) in [6.45, 7) is 8.17. The van der Waals surface area contributed by atoms with Gasteiger partial charge in [-0.15, -0.1) is 5.10 Å². The third kappa shape index (κ3) is 7.92. The van der Waals surface area contributed by atoms with Gasteiger partial charge in [0.15, 0.2) is 10.8 Å². The second-order valence-electron chi connectivity index (χ2n) is 13.0. The average molecular weight is 617 g/mol. The van der Waals surface area contributed by atoms with E-state index in [2.05, 4.69) is 40.7 Å². The minimum Gasteiger partial charge on any atom is -0.477 e. The van der Waals surface area contributed by atoms with Gasteiger partial charge in [-0.25, -0.2) is 14.4 Å². The average Bonchev–Trinajstić information content (AvgIpc) is 3.31. The third-order valence-electron chi connectivity index (χ3n) is 8.59. The van der Waals surface area contributed by atoms with E-state index in [-0.39, 0.29) is 15.7 Å². The number of hydrogen-bond acceptors (Lipinski definition) is 7. The summed E-state index contributed by atoms with van der Waals surface area (Å²) >= 11 is 6.29. The molecule has 2 aliphatic carbocycles. The molecule has 1 atom stereocenters. The van der Waals surface area contributed by atoms with Gasteiger partial charge < -0.3 is 4.74 Å². The molecule has 1 N–H and O–H groups in total. The number of sulfonamides is 1. The van der Waals surface area contributed by atoms with E-state index in [0.29, 0.717) is 35.7 Å². The molecular formula is C30H41ClN6O4S. The van der Waals surface area contributed by atoms with Crippen molar-refractivity contribution in [1.82, 2.24) is 29.3 Å². The van der Waals surface area contributed by atoms with Gasteiger partial charge in [0.05, 0.1) is 12.2 Å². The van der Waals surface area contributed by atoms with E-state index in [1.54, 1.807) is 29.2 Å². The number of aryl methyl sites for hydroxylation is 1. The second-order valence-corrected chi connectivity index (χ2v) is 15.0. The predicted molar refractivity (Wildman–Crippen MR) is 160 cm³/mol. The number of unbranched alkanes of at least 4 members (excludes halogenated alkanes) is 1. The molecule has 2 aliphatic rings. The maximum absolute atomic E-state index is 12.9. The maximum Gasteiger partial charge on any atom is 0.283 e. The van der Waals surface area contributed by atoms with Crippen molar-refractivity contribution in [2.45, 2.75) is 96.6 Å². The molecule has 5 rings (SSSR count). The first-order chi connectivity index (χ1) is 19.9. The van der Waals surface area contributed by atoms with Crippen molar-refractivity contribution in [3.05, 3.63) is 47.4 Å². The Balaban J connectivity index is 1.11. The fourth-order valence-electron chi connectivity index (χ4n) is 5.75. The molecule has 2 fully saturated rings. The third-order valence-corrected chi connectivity index (χ3v) is 10.1. The zero-order valence-corrected chi connectivity index (χ0v) is 26.3. The molecular weight excluding hydrogens is 576 g/mol. The summed E-state index contributed by atoms with van der Waals surface area (Å²) in [5.74, 6) is 0.733. The maximum atomic E-state index is 12.9. The van der Waals surface area contributed by atoms with Crippen LogP contribution in [0.25, 0.3) is 5.82 Å². The van der Waals surface area contributed by atoms with Crippen LogP contribution in [0.5, 0.6) is 5.88 Å². The molecule has 42 heavy (non-hydrogen) atoms. The van der Waals surface area contributed by atoms with Gasteiger partial charge in [-0.1, -0.05) is 45.2 Å². The highest BCUT2D eigenvalue weighted by atomic mass is 35.5. The minimum atomic E-state index is -4.19. The number of nitrogens with one attached hydrogen (secondary N) is 1. The van der Waals surface area contributed by atoms with Gasteiger partial charge >= 0.3 is 0 Å². The van der Waals surface area contributed by atoms with Gasteiger partial charge in [-0.2, -0.15) is 13.5 Å². The highest BCUT2D eigenvalue weighted by Crippen LogP contribution is 2.48. The SMILES string of the molecule is CC1(C)CCC(CCCCn2ccc(S(=O)(=O)NC(=O)c3ccc(-n4ccc(OCCCC5(C)CC5)n4)nc3Cl)n2)C1. The number of halogens is 1. The number of pyridine rings is 1. The molecule has 0 radical (unpaired) electrons. The lowest BCUT2D eigenvalue weighted by atomic mass is 9.89. The molecule has 0 saturated heterocycles. The fourth-order valence-corrected chi connectivity index (χ4v) is 6.89. The largest absolute Gasteiger partial charge is 0.477 e. The van der Waals surface area contributed by atoms with Crippen molar-refractivity contribution < 1.29 is 17.9 Å². The van der Waals surface area contributed by atoms with Crippen molar-refractivity contribution in [3.63, 3.8) is 0 Å². The molecule has 3 heterocycles. The monoisotopic (exact) mass is 616 g/mol. The van der Waals surface area contributed by atoms with Crippen LogP contribution in [-0.4, -0.2) is 45.5 Å². The number of carbonyl (C=O) groups excluding carboxylic acids is 1. The van der Waals surface area contributed by atoms with Crippen LogP contribution in [0.15, 0.2) is 41.7 Å². The van der Waals surface area contributed by atoms with Crippen LogP contribution < -0.4 is 9.46 Å². The Morgan fingerprint density at radius 2 is 1.88 bits per heavy atom. The van der Waals surface area contributed by atoms with Crippen LogP contribution in [-0.2, 0) is 16.6 Å². The van der Waals surface area contributed by atoms with Crippen molar-refractivity contribution >= 4 is 27.5 Å². The van der Waals surface area contributed by atoms with E-state index in [0.717, 1.165) is 31.6 Å². The summed E-state index contributed by atoms with van der Waals surface area (Å²) in [5, 5.41) is 8.18. The molecule has 1 amide bonds. The van der Waals surface area contributed by atoms with Gasteiger partial charge in [0, 0.05) is 25.0 Å². The smallest absolute Gasteiger partial charge is 0.283 e. The van der Waals surface area contributed by atoms with Crippen LogP contribution in [0.3, 0.4) is 0 Å². The summed E-state index contributed by atoms with van der Waals surface area (Å²) in [6, 6.07) is 6.08. The molecule has 12 heteroatoms. The van der Waals surface area contributed by atoms with Gasteiger partial charge in [0.1, 0.15) is 5.15 Å². The zero-order valence-electron chi connectivity index (χ0n) is 24.7. The Kier molecular flexibility index (Phi) is 8.99. The first kappa shape index (κ1) is 30.5. The first-order valence-electron chi connectivity index (χ1n) is 14.9. The second kappa shape index (κ2) is 12.4. The molecule has 3 aromatic heterocycles. The summed E-state index contributed by atoms with van der Waals surface area (Å²) in [4.78, 5) is 17.1. The predicted octanol–water partition coefficient (Wildman–Crippen LogP) is 6.19. The fraction of sp³-hybridized carbons (Fsp3) is 0.600.